The second-order valence-electron chi connectivity index (χ2n) is 1.97. The van der Waals surface area contributed by atoms with Crippen molar-refractivity contribution in [1.82, 2.24) is 4.98 Å². The minimum Gasteiger partial charge on any atom is -0.325 e. The first kappa shape index (κ1) is 7.57. The van der Waals surface area contributed by atoms with Crippen molar-refractivity contribution >= 4 is 12.6 Å². The summed E-state index contributed by atoms with van der Waals surface area (Å²) in [5.41, 5.74) is 7.49. The molecule has 0 aliphatic rings. The number of hydrogen-bond donors (Lipinski definition) is 2. The molecule has 1 rings (SSSR count). The summed E-state index contributed by atoms with van der Waals surface area (Å²) in [4.78, 5) is 4.09. The first-order valence-corrected chi connectivity index (χ1v) is 3.75. The summed E-state index contributed by atoms with van der Waals surface area (Å²) in [5, 5.41) is 0. The van der Waals surface area contributed by atoms with Crippen LogP contribution in [-0.2, 0) is 12.3 Å². The van der Waals surface area contributed by atoms with E-state index in [4.69, 9.17) is 5.73 Å². The molecule has 0 saturated carbocycles. The lowest BCUT2D eigenvalue weighted by atomic mass is 10.2. The van der Waals surface area contributed by atoms with Crippen LogP contribution in [0.3, 0.4) is 0 Å². The van der Waals surface area contributed by atoms with Gasteiger partial charge in [-0.25, -0.2) is 0 Å². The Balaban J connectivity index is 2.96. The van der Waals surface area contributed by atoms with E-state index < -0.39 is 0 Å². The molecule has 0 aliphatic carbocycles. The zero-order valence-corrected chi connectivity index (χ0v) is 6.51. The molecule has 0 spiro atoms. The lowest BCUT2D eigenvalue weighted by Crippen LogP contribution is -2.02. The smallest absolute Gasteiger partial charge is 0.0579 e. The number of thiol groups is 1. The van der Waals surface area contributed by atoms with Crippen molar-refractivity contribution in [2.75, 3.05) is 0 Å². The van der Waals surface area contributed by atoms with E-state index in [1.807, 2.05) is 12.1 Å². The predicted octanol–water partition coefficient (Wildman–Crippen LogP) is 0.970. The molecule has 3 heteroatoms. The summed E-state index contributed by atoms with van der Waals surface area (Å²) >= 11 is 4.14. The van der Waals surface area contributed by atoms with E-state index >= 15 is 0 Å². The van der Waals surface area contributed by atoms with Crippen molar-refractivity contribution in [3.8, 4) is 0 Å². The SMILES string of the molecule is NCc1ncccc1CS. The Morgan fingerprint density at radius 3 is 2.90 bits per heavy atom. The number of rotatable bonds is 2. The van der Waals surface area contributed by atoms with Gasteiger partial charge in [0.2, 0.25) is 0 Å². The first-order chi connectivity index (χ1) is 4.88. The van der Waals surface area contributed by atoms with Crippen LogP contribution in [-0.4, -0.2) is 4.98 Å². The molecule has 1 aromatic rings. The maximum Gasteiger partial charge on any atom is 0.0579 e. The maximum absolute atomic E-state index is 5.43. The van der Waals surface area contributed by atoms with E-state index in [1.54, 1.807) is 6.20 Å². The monoisotopic (exact) mass is 154 g/mol. The van der Waals surface area contributed by atoms with Crippen molar-refractivity contribution in [1.29, 1.82) is 0 Å². The van der Waals surface area contributed by atoms with Gasteiger partial charge in [-0.05, 0) is 11.6 Å². The number of nitrogens with two attached hydrogens (primary N) is 1. The standard InChI is InChI=1S/C7H10N2S/c8-4-7-6(5-10)2-1-3-9-7/h1-3,10H,4-5,8H2. The highest BCUT2D eigenvalue weighted by Gasteiger charge is 1.96. The first-order valence-electron chi connectivity index (χ1n) is 3.12. The highest BCUT2D eigenvalue weighted by Crippen LogP contribution is 2.06. The van der Waals surface area contributed by atoms with Gasteiger partial charge in [-0.15, -0.1) is 0 Å². The van der Waals surface area contributed by atoms with Gasteiger partial charge in [-0.1, -0.05) is 6.07 Å². The number of hydrogen-bond acceptors (Lipinski definition) is 3. The zero-order chi connectivity index (χ0) is 7.40. The second-order valence-corrected chi connectivity index (χ2v) is 2.29. The van der Waals surface area contributed by atoms with Crippen molar-refractivity contribution in [3.05, 3.63) is 29.6 Å². The summed E-state index contributed by atoms with van der Waals surface area (Å²) < 4.78 is 0. The van der Waals surface area contributed by atoms with E-state index in [0.29, 0.717) is 12.3 Å². The largest absolute Gasteiger partial charge is 0.325 e. The minimum absolute atomic E-state index is 0.497. The molecule has 0 amide bonds. The molecule has 0 radical (unpaired) electrons. The van der Waals surface area contributed by atoms with E-state index in [9.17, 15) is 0 Å². The number of nitrogens with zero attached hydrogens (tertiary/aromatic N) is 1. The highest BCUT2D eigenvalue weighted by molar-refractivity contribution is 7.79. The average Bonchev–Trinajstić information content (AvgIpc) is 2.04. The Hall–Kier alpha value is -0.540. The summed E-state index contributed by atoms with van der Waals surface area (Å²) in [6.45, 7) is 0.497. The molecule has 10 heavy (non-hydrogen) atoms. The van der Waals surface area contributed by atoms with Crippen LogP contribution in [0.2, 0.25) is 0 Å². The highest BCUT2D eigenvalue weighted by atomic mass is 32.1. The topological polar surface area (TPSA) is 38.9 Å². The van der Waals surface area contributed by atoms with Gasteiger partial charge in [0.25, 0.3) is 0 Å². The molecular weight excluding hydrogens is 144 g/mol. The van der Waals surface area contributed by atoms with Gasteiger partial charge in [0.05, 0.1) is 5.69 Å². The van der Waals surface area contributed by atoms with E-state index in [1.165, 1.54) is 0 Å². The van der Waals surface area contributed by atoms with Crippen LogP contribution < -0.4 is 5.73 Å². The number of pyridine rings is 1. The van der Waals surface area contributed by atoms with E-state index in [2.05, 4.69) is 17.6 Å². The third-order valence-corrected chi connectivity index (χ3v) is 1.69. The van der Waals surface area contributed by atoms with E-state index in [0.717, 1.165) is 11.3 Å². The van der Waals surface area contributed by atoms with Crippen LogP contribution in [0.1, 0.15) is 11.3 Å². The number of aromatic nitrogens is 1. The van der Waals surface area contributed by atoms with Crippen LogP contribution in [0.15, 0.2) is 18.3 Å². The Kier molecular flexibility index (Phi) is 2.71. The van der Waals surface area contributed by atoms with Gasteiger partial charge < -0.3 is 5.73 Å². The maximum atomic E-state index is 5.43. The van der Waals surface area contributed by atoms with Crippen molar-refractivity contribution in [3.63, 3.8) is 0 Å². The van der Waals surface area contributed by atoms with Crippen LogP contribution in [0, 0.1) is 0 Å². The lowest BCUT2D eigenvalue weighted by molar-refractivity contribution is 0.965. The Morgan fingerprint density at radius 1 is 1.60 bits per heavy atom. The molecule has 0 bridgehead atoms. The third-order valence-electron chi connectivity index (χ3n) is 1.35. The van der Waals surface area contributed by atoms with Crippen molar-refractivity contribution in [2.45, 2.75) is 12.3 Å². The molecule has 54 valence electrons. The molecule has 0 aliphatic heterocycles. The Labute approximate surface area is 65.9 Å². The average molecular weight is 154 g/mol. The molecule has 0 atom stereocenters. The Morgan fingerprint density at radius 2 is 2.40 bits per heavy atom. The summed E-state index contributed by atoms with van der Waals surface area (Å²) in [6, 6.07) is 3.88. The second kappa shape index (κ2) is 3.58. The van der Waals surface area contributed by atoms with Crippen LogP contribution in [0.25, 0.3) is 0 Å². The van der Waals surface area contributed by atoms with Crippen molar-refractivity contribution < 1.29 is 0 Å². The third kappa shape index (κ3) is 1.49. The molecule has 1 aromatic heterocycles. The molecule has 0 saturated heterocycles. The fourth-order valence-electron chi connectivity index (χ4n) is 0.799. The van der Waals surface area contributed by atoms with Gasteiger partial charge in [0, 0.05) is 18.5 Å². The summed E-state index contributed by atoms with van der Waals surface area (Å²) in [6.07, 6.45) is 1.75. The fourth-order valence-corrected chi connectivity index (χ4v) is 1.09. The summed E-state index contributed by atoms with van der Waals surface area (Å²) in [7, 11) is 0. The molecule has 2 nitrogen and oxygen atoms in total. The normalized spacial score (nSPS) is 9.80. The summed E-state index contributed by atoms with van der Waals surface area (Å²) in [5.74, 6) is 0.709. The fraction of sp³-hybridized carbons (Fsp3) is 0.286. The zero-order valence-electron chi connectivity index (χ0n) is 5.62. The quantitative estimate of drug-likeness (QED) is 0.623. The van der Waals surface area contributed by atoms with Gasteiger partial charge in [-0.2, -0.15) is 12.6 Å². The van der Waals surface area contributed by atoms with Gasteiger partial charge in [-0.3, -0.25) is 4.98 Å². The molecule has 0 fully saturated rings. The molecule has 1 heterocycles. The van der Waals surface area contributed by atoms with Gasteiger partial charge in [0.15, 0.2) is 0 Å². The lowest BCUT2D eigenvalue weighted by Gasteiger charge is -2.00. The van der Waals surface area contributed by atoms with Crippen LogP contribution in [0.4, 0.5) is 0 Å². The molecule has 0 aromatic carbocycles. The molecule has 2 N–H and O–H groups in total. The van der Waals surface area contributed by atoms with E-state index in [-0.39, 0.29) is 0 Å². The predicted molar refractivity (Wildman–Crippen MR) is 44.8 cm³/mol. The van der Waals surface area contributed by atoms with Gasteiger partial charge >= 0.3 is 0 Å². The van der Waals surface area contributed by atoms with Crippen molar-refractivity contribution in [2.24, 2.45) is 5.73 Å². The minimum atomic E-state index is 0.497. The molecular formula is C7H10N2S. The van der Waals surface area contributed by atoms with Crippen LogP contribution >= 0.6 is 12.6 Å². The van der Waals surface area contributed by atoms with Crippen LogP contribution in [0.5, 0.6) is 0 Å². The molecule has 0 unspecified atom stereocenters. The van der Waals surface area contributed by atoms with Gasteiger partial charge in [0.1, 0.15) is 0 Å². The Bertz CT molecular complexity index is 190.